The Labute approximate surface area is 96.2 Å². The molecule has 0 radical (unpaired) electrons. The summed E-state index contributed by atoms with van der Waals surface area (Å²) in [4.78, 5) is 0. The van der Waals surface area contributed by atoms with E-state index in [9.17, 15) is 0 Å². The summed E-state index contributed by atoms with van der Waals surface area (Å²) in [6, 6.07) is 6.24. The van der Waals surface area contributed by atoms with Crippen LogP contribution in [0.2, 0.25) is 0 Å². The number of ether oxygens (including phenoxy) is 1. The number of aryl methyl sites for hydroxylation is 1. The fourth-order valence-electron chi connectivity index (χ4n) is 2.34. The lowest BCUT2D eigenvalue weighted by molar-refractivity contribution is 0.414. The molecule has 1 aliphatic rings. The van der Waals surface area contributed by atoms with Crippen molar-refractivity contribution in [3.8, 4) is 11.8 Å². The molecule has 1 aromatic carbocycles. The molecule has 0 amide bonds. The van der Waals surface area contributed by atoms with Gasteiger partial charge in [-0.1, -0.05) is 0 Å². The number of nitrogens with zero attached hydrogens (tertiary/aromatic N) is 1. The number of fused-ring (bicyclic) bond motifs is 1. The standard InChI is InChI=1S/C14H15NO/c1-10-8-12(16-2)9-14-11(6-7-15)4-3-5-13(10)14/h6,8-9H,3-5H2,1-2H3. The fourth-order valence-corrected chi connectivity index (χ4v) is 2.34. The molecule has 1 aromatic rings. The maximum Gasteiger partial charge on any atom is 0.119 e. The number of nitriles is 1. The minimum absolute atomic E-state index is 0.877. The normalized spacial score (nSPS) is 16.7. The second-order valence-electron chi connectivity index (χ2n) is 4.12. The minimum Gasteiger partial charge on any atom is -0.497 e. The van der Waals surface area contributed by atoms with Crippen molar-refractivity contribution >= 4 is 5.57 Å². The highest BCUT2D eigenvalue weighted by Gasteiger charge is 2.17. The Balaban J connectivity index is 2.59. The average molecular weight is 213 g/mol. The van der Waals surface area contributed by atoms with Crippen molar-refractivity contribution in [2.24, 2.45) is 0 Å². The van der Waals surface area contributed by atoms with Crippen LogP contribution < -0.4 is 4.74 Å². The van der Waals surface area contributed by atoms with Crippen LogP contribution in [0.5, 0.6) is 5.75 Å². The summed E-state index contributed by atoms with van der Waals surface area (Å²) in [6.45, 7) is 2.11. The number of benzene rings is 1. The zero-order chi connectivity index (χ0) is 11.5. The second-order valence-corrected chi connectivity index (χ2v) is 4.12. The molecule has 82 valence electrons. The molecule has 2 rings (SSSR count). The monoisotopic (exact) mass is 213 g/mol. The Bertz CT molecular complexity index is 480. The lowest BCUT2D eigenvalue weighted by atomic mass is 9.84. The van der Waals surface area contributed by atoms with Crippen LogP contribution in [0.3, 0.4) is 0 Å². The van der Waals surface area contributed by atoms with Gasteiger partial charge in [-0.15, -0.1) is 0 Å². The molecule has 0 fully saturated rings. The molecule has 2 heteroatoms. The molecule has 0 unspecified atom stereocenters. The van der Waals surface area contributed by atoms with Gasteiger partial charge in [-0.05, 0) is 60.6 Å². The molecule has 0 saturated carbocycles. The van der Waals surface area contributed by atoms with Gasteiger partial charge in [0.15, 0.2) is 0 Å². The SMILES string of the molecule is COc1cc(C)c2c(c1)C(=CC#N)CCC2. The molecular formula is C14H15NO. The first-order valence-corrected chi connectivity index (χ1v) is 5.53. The van der Waals surface area contributed by atoms with E-state index < -0.39 is 0 Å². The number of hydrogen-bond donors (Lipinski definition) is 0. The number of hydrogen-bond acceptors (Lipinski definition) is 2. The van der Waals surface area contributed by atoms with Crippen LogP contribution in [0.25, 0.3) is 5.57 Å². The molecule has 16 heavy (non-hydrogen) atoms. The summed E-state index contributed by atoms with van der Waals surface area (Å²) in [5.74, 6) is 0.877. The van der Waals surface area contributed by atoms with Gasteiger partial charge in [0.05, 0.1) is 13.2 Å². The van der Waals surface area contributed by atoms with Crippen LogP contribution in [0.1, 0.15) is 29.5 Å². The number of allylic oxidation sites excluding steroid dienone is 2. The van der Waals surface area contributed by atoms with Gasteiger partial charge in [-0.2, -0.15) is 5.26 Å². The van der Waals surface area contributed by atoms with Crippen molar-refractivity contribution in [2.45, 2.75) is 26.2 Å². The van der Waals surface area contributed by atoms with Crippen LogP contribution in [0, 0.1) is 18.3 Å². The predicted octanol–water partition coefficient (Wildman–Crippen LogP) is 3.25. The molecule has 0 bridgehead atoms. The van der Waals surface area contributed by atoms with E-state index in [-0.39, 0.29) is 0 Å². The Hall–Kier alpha value is -1.75. The molecule has 0 aromatic heterocycles. The van der Waals surface area contributed by atoms with Gasteiger partial charge in [0.25, 0.3) is 0 Å². The summed E-state index contributed by atoms with van der Waals surface area (Å²) >= 11 is 0. The van der Waals surface area contributed by atoms with Crippen LogP contribution in [-0.2, 0) is 6.42 Å². The minimum atomic E-state index is 0.877. The maximum atomic E-state index is 8.78. The van der Waals surface area contributed by atoms with E-state index >= 15 is 0 Å². The third-order valence-electron chi connectivity index (χ3n) is 3.14. The highest BCUT2D eigenvalue weighted by molar-refractivity contribution is 5.73. The zero-order valence-electron chi connectivity index (χ0n) is 9.71. The molecule has 1 aliphatic carbocycles. The van der Waals surface area contributed by atoms with Crippen molar-refractivity contribution in [1.82, 2.24) is 0 Å². The molecule has 2 nitrogen and oxygen atoms in total. The van der Waals surface area contributed by atoms with Crippen LogP contribution in [0.4, 0.5) is 0 Å². The summed E-state index contributed by atoms with van der Waals surface area (Å²) in [7, 11) is 1.68. The molecule has 0 aliphatic heterocycles. The van der Waals surface area contributed by atoms with Gasteiger partial charge in [-0.25, -0.2) is 0 Å². The van der Waals surface area contributed by atoms with Crippen molar-refractivity contribution < 1.29 is 4.74 Å². The molecular weight excluding hydrogens is 198 g/mol. The number of methoxy groups -OCH3 is 1. The quantitative estimate of drug-likeness (QED) is 0.671. The Kier molecular flexibility index (Phi) is 2.96. The lowest BCUT2D eigenvalue weighted by Crippen LogP contribution is -2.04. The molecule has 0 heterocycles. The van der Waals surface area contributed by atoms with Crippen molar-refractivity contribution in [3.05, 3.63) is 34.9 Å². The van der Waals surface area contributed by atoms with Crippen LogP contribution in [0.15, 0.2) is 18.2 Å². The first-order valence-electron chi connectivity index (χ1n) is 5.53. The summed E-state index contributed by atoms with van der Waals surface area (Å²) in [5, 5.41) is 8.78. The van der Waals surface area contributed by atoms with Gasteiger partial charge < -0.3 is 4.74 Å². The summed E-state index contributed by atoms with van der Waals surface area (Å²) in [5.41, 5.74) is 4.97. The van der Waals surface area contributed by atoms with E-state index in [2.05, 4.69) is 19.1 Å². The molecule has 0 spiro atoms. The Morgan fingerprint density at radius 1 is 1.38 bits per heavy atom. The van der Waals surface area contributed by atoms with Gasteiger partial charge >= 0.3 is 0 Å². The van der Waals surface area contributed by atoms with Gasteiger partial charge in [0.1, 0.15) is 5.75 Å². The Morgan fingerprint density at radius 3 is 2.88 bits per heavy atom. The Morgan fingerprint density at radius 2 is 2.19 bits per heavy atom. The van der Waals surface area contributed by atoms with E-state index in [4.69, 9.17) is 10.00 Å². The zero-order valence-corrected chi connectivity index (χ0v) is 9.71. The van der Waals surface area contributed by atoms with E-state index in [1.165, 1.54) is 16.7 Å². The molecule has 0 atom stereocenters. The highest BCUT2D eigenvalue weighted by Crippen LogP contribution is 2.35. The third-order valence-corrected chi connectivity index (χ3v) is 3.14. The predicted molar refractivity (Wildman–Crippen MR) is 64.3 cm³/mol. The van der Waals surface area contributed by atoms with E-state index in [0.29, 0.717) is 0 Å². The first-order chi connectivity index (χ1) is 7.76. The smallest absolute Gasteiger partial charge is 0.119 e. The van der Waals surface area contributed by atoms with Crippen molar-refractivity contribution in [1.29, 1.82) is 5.26 Å². The van der Waals surface area contributed by atoms with Gasteiger partial charge in [0.2, 0.25) is 0 Å². The molecule has 0 N–H and O–H groups in total. The maximum absolute atomic E-state index is 8.78. The average Bonchev–Trinajstić information content (AvgIpc) is 2.30. The largest absolute Gasteiger partial charge is 0.497 e. The van der Waals surface area contributed by atoms with Gasteiger partial charge in [-0.3, -0.25) is 0 Å². The van der Waals surface area contributed by atoms with Crippen molar-refractivity contribution in [3.63, 3.8) is 0 Å². The second kappa shape index (κ2) is 4.40. The molecule has 0 saturated heterocycles. The summed E-state index contributed by atoms with van der Waals surface area (Å²) in [6.07, 6.45) is 4.89. The first kappa shape index (κ1) is 10.8. The van der Waals surface area contributed by atoms with Crippen molar-refractivity contribution in [2.75, 3.05) is 7.11 Å². The topological polar surface area (TPSA) is 33.0 Å². The summed E-state index contributed by atoms with van der Waals surface area (Å²) < 4.78 is 5.28. The highest BCUT2D eigenvalue weighted by atomic mass is 16.5. The van der Waals surface area contributed by atoms with Crippen LogP contribution in [-0.4, -0.2) is 7.11 Å². The lowest BCUT2D eigenvalue weighted by Gasteiger charge is -2.21. The third kappa shape index (κ3) is 1.81. The van der Waals surface area contributed by atoms with Crippen LogP contribution >= 0.6 is 0 Å². The van der Waals surface area contributed by atoms with E-state index in [1.54, 1.807) is 13.2 Å². The van der Waals surface area contributed by atoms with E-state index in [1.807, 2.05) is 6.07 Å². The van der Waals surface area contributed by atoms with E-state index in [0.717, 1.165) is 30.6 Å². The van der Waals surface area contributed by atoms with Gasteiger partial charge in [0, 0.05) is 6.08 Å². The number of rotatable bonds is 1. The fraction of sp³-hybridized carbons (Fsp3) is 0.357.